The van der Waals surface area contributed by atoms with Crippen LogP contribution in [-0.4, -0.2) is 4.98 Å². The van der Waals surface area contributed by atoms with Gasteiger partial charge in [-0.05, 0) is 107 Å². The molecule has 10 rings (SSSR count). The molecule has 0 spiro atoms. The summed E-state index contributed by atoms with van der Waals surface area (Å²) in [6.07, 6.45) is 0. The van der Waals surface area contributed by atoms with Crippen LogP contribution in [0, 0.1) is 11.3 Å². The molecule has 1 heterocycles. The summed E-state index contributed by atoms with van der Waals surface area (Å²) >= 11 is 0. The van der Waals surface area contributed by atoms with Crippen LogP contribution >= 0.6 is 0 Å². The molecule has 0 fully saturated rings. The Bertz CT molecular complexity index is 3040. The van der Waals surface area contributed by atoms with Gasteiger partial charge in [0.15, 0.2) is 0 Å². The van der Waals surface area contributed by atoms with Crippen LogP contribution in [0.4, 0.5) is 0 Å². The first-order valence-electron chi connectivity index (χ1n) is 16.9. The highest BCUT2D eigenvalue weighted by Gasteiger charge is 2.19. The maximum absolute atomic E-state index is 9.52. The van der Waals surface area contributed by atoms with Gasteiger partial charge in [-0.3, -0.25) is 0 Å². The molecule has 0 atom stereocenters. The van der Waals surface area contributed by atoms with E-state index in [1.807, 2.05) is 12.1 Å². The monoisotopic (exact) mass is 632 g/mol. The fourth-order valence-electron chi connectivity index (χ4n) is 7.92. The molecule has 10 aromatic rings. The Morgan fingerprint density at radius 1 is 0.360 bits per heavy atom. The molecule has 0 N–H and O–H groups in total. The summed E-state index contributed by atoms with van der Waals surface area (Å²) in [4.78, 5) is 5.58. The van der Waals surface area contributed by atoms with Crippen LogP contribution < -0.4 is 0 Å². The van der Waals surface area contributed by atoms with Crippen molar-refractivity contribution in [3.8, 4) is 39.6 Å². The van der Waals surface area contributed by atoms with Gasteiger partial charge in [0.25, 0.3) is 0 Å². The highest BCUT2D eigenvalue weighted by molar-refractivity contribution is 6.21. The van der Waals surface area contributed by atoms with Gasteiger partial charge in [-0.1, -0.05) is 133 Å². The van der Waals surface area contributed by atoms with Crippen molar-refractivity contribution < 1.29 is 0 Å². The van der Waals surface area contributed by atoms with Crippen molar-refractivity contribution in [2.45, 2.75) is 0 Å². The van der Waals surface area contributed by atoms with E-state index >= 15 is 0 Å². The summed E-state index contributed by atoms with van der Waals surface area (Å²) in [6.45, 7) is 0. The Kier molecular flexibility index (Phi) is 6.28. The third kappa shape index (κ3) is 4.31. The minimum Gasteiger partial charge on any atom is -0.247 e. The molecule has 1 aromatic heterocycles. The molecule has 0 radical (unpaired) electrons. The number of hydrogen-bond donors (Lipinski definition) is 0. The van der Waals surface area contributed by atoms with E-state index in [-0.39, 0.29) is 0 Å². The van der Waals surface area contributed by atoms with Gasteiger partial charge in [-0.25, -0.2) is 4.98 Å². The number of fused-ring (bicyclic) bond motifs is 9. The third-order valence-electron chi connectivity index (χ3n) is 10.2. The molecular formula is C48H28N2. The Labute approximate surface area is 289 Å². The molecule has 0 unspecified atom stereocenters. The molecule has 0 bridgehead atoms. The first-order chi connectivity index (χ1) is 24.7. The van der Waals surface area contributed by atoms with Crippen LogP contribution in [0.2, 0.25) is 0 Å². The van der Waals surface area contributed by atoms with E-state index in [0.29, 0.717) is 5.56 Å². The van der Waals surface area contributed by atoms with Crippen molar-refractivity contribution >= 4 is 64.8 Å². The SMILES string of the molecule is N#Cc1ccc(-c2cc3c(-c4cc5ccccc5c5ccccc45)cc(-c4cc5ccccc5c5ccccc45)nc3c3ccccc23)cc1. The largest absolute Gasteiger partial charge is 0.247 e. The highest BCUT2D eigenvalue weighted by atomic mass is 14.7. The van der Waals surface area contributed by atoms with Crippen molar-refractivity contribution in [2.75, 3.05) is 0 Å². The van der Waals surface area contributed by atoms with Crippen LogP contribution in [0.3, 0.4) is 0 Å². The summed E-state index contributed by atoms with van der Waals surface area (Å²) in [5.41, 5.74) is 8.20. The van der Waals surface area contributed by atoms with Crippen molar-refractivity contribution in [1.29, 1.82) is 5.26 Å². The maximum Gasteiger partial charge on any atom is 0.0991 e. The lowest BCUT2D eigenvalue weighted by Gasteiger charge is -2.18. The fourth-order valence-corrected chi connectivity index (χ4v) is 7.92. The second-order valence-corrected chi connectivity index (χ2v) is 13.0. The van der Waals surface area contributed by atoms with E-state index in [1.54, 1.807) is 0 Å². The second-order valence-electron chi connectivity index (χ2n) is 13.0. The number of pyridine rings is 1. The van der Waals surface area contributed by atoms with Crippen LogP contribution in [-0.2, 0) is 0 Å². The normalized spacial score (nSPS) is 11.6. The summed E-state index contributed by atoms with van der Waals surface area (Å²) in [6, 6.07) is 62.8. The number of rotatable bonds is 3. The number of benzene rings is 9. The number of aromatic nitrogens is 1. The van der Waals surface area contributed by atoms with Gasteiger partial charge in [0.05, 0.1) is 22.8 Å². The molecule has 9 aromatic carbocycles. The molecule has 0 aliphatic heterocycles. The van der Waals surface area contributed by atoms with E-state index in [9.17, 15) is 5.26 Å². The minimum atomic E-state index is 0.649. The third-order valence-corrected chi connectivity index (χ3v) is 10.2. The molecule has 0 saturated carbocycles. The molecule has 0 aliphatic carbocycles. The first kappa shape index (κ1) is 28.2. The average Bonchev–Trinajstić information content (AvgIpc) is 3.19. The summed E-state index contributed by atoms with van der Waals surface area (Å²) in [5.74, 6) is 0. The molecule has 2 heteroatoms. The second kappa shape index (κ2) is 11.1. The zero-order valence-electron chi connectivity index (χ0n) is 27.1. The Balaban J connectivity index is 1.39. The lowest BCUT2D eigenvalue weighted by atomic mass is 9.87. The minimum absolute atomic E-state index is 0.649. The summed E-state index contributed by atoms with van der Waals surface area (Å²) in [5, 5.41) is 22.6. The van der Waals surface area contributed by atoms with Gasteiger partial charge < -0.3 is 0 Å². The standard InChI is InChI=1S/C48H28N2/c49-29-30-21-23-31(24-22-30)42-27-46-44(43-25-32-11-1-3-13-34(32)36-15-5-7-17-38(36)43)28-47(50-48(46)41-20-10-9-19-40(41)42)45-26-33-12-2-4-14-35(33)37-16-6-8-18-39(37)45/h1-28H. The molecule has 0 amide bonds. The van der Waals surface area contributed by atoms with Crippen LogP contribution in [0.1, 0.15) is 5.56 Å². The van der Waals surface area contributed by atoms with Gasteiger partial charge in [-0.2, -0.15) is 5.26 Å². The van der Waals surface area contributed by atoms with Crippen LogP contribution in [0.5, 0.6) is 0 Å². The fraction of sp³-hybridized carbons (Fsp3) is 0. The van der Waals surface area contributed by atoms with E-state index in [0.717, 1.165) is 49.6 Å². The number of hydrogen-bond acceptors (Lipinski definition) is 2. The zero-order chi connectivity index (χ0) is 33.2. The predicted molar refractivity (Wildman–Crippen MR) is 210 cm³/mol. The maximum atomic E-state index is 9.52. The quantitative estimate of drug-likeness (QED) is 0.182. The molecule has 2 nitrogen and oxygen atoms in total. The van der Waals surface area contributed by atoms with Crippen LogP contribution in [0.25, 0.3) is 98.3 Å². The Morgan fingerprint density at radius 3 is 1.42 bits per heavy atom. The zero-order valence-corrected chi connectivity index (χ0v) is 27.1. The smallest absolute Gasteiger partial charge is 0.0991 e. The van der Waals surface area contributed by atoms with Gasteiger partial charge in [-0.15, -0.1) is 0 Å². The van der Waals surface area contributed by atoms with Gasteiger partial charge in [0.1, 0.15) is 0 Å². The van der Waals surface area contributed by atoms with Gasteiger partial charge in [0, 0.05) is 16.3 Å². The predicted octanol–water partition coefficient (Wildman–Crippen LogP) is 12.9. The Morgan fingerprint density at radius 2 is 0.820 bits per heavy atom. The van der Waals surface area contributed by atoms with Crippen molar-refractivity contribution in [3.05, 3.63) is 175 Å². The van der Waals surface area contributed by atoms with Gasteiger partial charge in [0.2, 0.25) is 0 Å². The summed E-state index contributed by atoms with van der Waals surface area (Å²) in [7, 11) is 0. The van der Waals surface area contributed by atoms with E-state index in [1.165, 1.54) is 48.7 Å². The Hall–Kier alpha value is -6.82. The van der Waals surface area contributed by atoms with Crippen molar-refractivity contribution in [1.82, 2.24) is 4.98 Å². The molecular weight excluding hydrogens is 605 g/mol. The van der Waals surface area contributed by atoms with Crippen LogP contribution in [0.15, 0.2) is 170 Å². The van der Waals surface area contributed by atoms with Gasteiger partial charge >= 0.3 is 0 Å². The lowest BCUT2D eigenvalue weighted by molar-refractivity contribution is 1.42. The topological polar surface area (TPSA) is 36.7 Å². The van der Waals surface area contributed by atoms with Crippen molar-refractivity contribution in [3.63, 3.8) is 0 Å². The molecule has 230 valence electrons. The van der Waals surface area contributed by atoms with Crippen molar-refractivity contribution in [2.24, 2.45) is 0 Å². The van der Waals surface area contributed by atoms with E-state index in [4.69, 9.17) is 4.98 Å². The molecule has 0 aliphatic rings. The number of nitriles is 1. The first-order valence-corrected chi connectivity index (χ1v) is 16.9. The molecule has 50 heavy (non-hydrogen) atoms. The average molecular weight is 633 g/mol. The summed E-state index contributed by atoms with van der Waals surface area (Å²) < 4.78 is 0. The van der Waals surface area contributed by atoms with E-state index < -0.39 is 0 Å². The number of nitrogens with zero attached hydrogens (tertiary/aromatic N) is 2. The lowest BCUT2D eigenvalue weighted by Crippen LogP contribution is -1.95. The molecule has 0 saturated heterocycles. The van der Waals surface area contributed by atoms with E-state index in [2.05, 4.69) is 164 Å². The highest BCUT2D eigenvalue weighted by Crippen LogP contribution is 2.44.